The minimum Gasteiger partial charge on any atom is -0.907 e. The van der Waals surface area contributed by atoms with Gasteiger partial charge in [0.1, 0.15) is 85.4 Å². The Morgan fingerprint density at radius 1 is 0.193 bits per heavy atom. The van der Waals surface area contributed by atoms with Crippen molar-refractivity contribution in [3.05, 3.63) is 358 Å². The molecule has 0 amide bonds. The fourth-order valence-corrected chi connectivity index (χ4v) is 30.6. The highest BCUT2D eigenvalue weighted by Gasteiger charge is 2.54. The van der Waals surface area contributed by atoms with E-state index in [2.05, 4.69) is 457 Å². The van der Waals surface area contributed by atoms with E-state index >= 15 is 0 Å². The third kappa shape index (κ3) is 17.8. The molecule has 0 fully saturated rings. The molecule has 12 aromatic carbocycles. The standard InChI is InChI=1S/3C34H40P.BO3/c3*1-25-26(2)32(34(6,7)8)30(33(3,4)5)24-31(25)35(27-18-12-9-13-19-27,28-20-14-10-15-21-28)29-22-16-11-17-23-29;2-1(3)4/h3*9-24H,1-8H3;/q3*+1;-3. The lowest BCUT2D eigenvalue weighted by Gasteiger charge is -2.36. The van der Waals surface area contributed by atoms with Crippen LogP contribution in [0.5, 0.6) is 0 Å². The van der Waals surface area contributed by atoms with Crippen LogP contribution in [0.15, 0.2) is 291 Å². The van der Waals surface area contributed by atoms with Crippen LogP contribution in [0, 0.1) is 41.5 Å². The van der Waals surface area contributed by atoms with Gasteiger partial charge in [-0.25, -0.2) is 0 Å². The zero-order valence-electron chi connectivity index (χ0n) is 69.9. The van der Waals surface area contributed by atoms with Gasteiger partial charge in [0.25, 0.3) is 0 Å². The van der Waals surface area contributed by atoms with E-state index in [0.29, 0.717) is 0 Å². The van der Waals surface area contributed by atoms with Crippen molar-refractivity contribution < 1.29 is 15.1 Å². The second-order valence-corrected chi connectivity index (χ2v) is 45.6. The molecule has 0 unspecified atom stereocenters. The van der Waals surface area contributed by atoms with Crippen LogP contribution in [0.2, 0.25) is 0 Å². The van der Waals surface area contributed by atoms with Crippen LogP contribution < -0.4 is 78.7 Å². The third-order valence-corrected chi connectivity index (χ3v) is 34.9. The zero-order chi connectivity index (χ0) is 79.9. The summed E-state index contributed by atoms with van der Waals surface area (Å²) >= 11 is 0. The van der Waals surface area contributed by atoms with E-state index in [4.69, 9.17) is 15.1 Å². The van der Waals surface area contributed by atoms with E-state index in [9.17, 15) is 0 Å². The lowest BCUT2D eigenvalue weighted by atomic mass is 9.72. The summed E-state index contributed by atoms with van der Waals surface area (Å²) in [6, 6.07) is 109. The minimum atomic E-state index is -2.92. The first-order valence-electron chi connectivity index (χ1n) is 38.8. The van der Waals surface area contributed by atoms with Crippen molar-refractivity contribution in [3.8, 4) is 0 Å². The van der Waals surface area contributed by atoms with E-state index in [1.165, 1.54) is 130 Å². The van der Waals surface area contributed by atoms with Crippen LogP contribution in [0.3, 0.4) is 0 Å². The Balaban J connectivity index is 0.000000184. The maximum Gasteiger partial charge on any atom is 0.144 e. The normalized spacial score (nSPS) is 12.4. The molecule has 0 saturated heterocycles. The Morgan fingerprint density at radius 2 is 0.312 bits per heavy atom. The van der Waals surface area contributed by atoms with Gasteiger partial charge in [-0.05, 0) is 268 Å². The summed E-state index contributed by atoms with van der Waals surface area (Å²) in [5, 5.41) is 42.4. The van der Waals surface area contributed by atoms with Gasteiger partial charge in [-0.15, -0.1) is 0 Å². The third-order valence-electron chi connectivity index (χ3n) is 21.7. The molecule has 109 heavy (non-hydrogen) atoms. The minimum absolute atomic E-state index is 0.0372. The highest BCUT2D eigenvalue weighted by molar-refractivity contribution is 8.02. The molecule has 0 atom stereocenters. The Bertz CT molecular complexity index is 4160. The molecule has 0 aliphatic heterocycles. The largest absolute Gasteiger partial charge is 0.907 e. The summed E-state index contributed by atoms with van der Waals surface area (Å²) in [7, 11) is -9.33. The molecule has 0 N–H and O–H groups in total. The number of hydrogen-bond acceptors (Lipinski definition) is 3. The second kappa shape index (κ2) is 34.2. The molecule has 0 radical (unpaired) electrons. The van der Waals surface area contributed by atoms with Gasteiger partial charge in [-0.1, -0.05) is 288 Å². The van der Waals surface area contributed by atoms with Crippen LogP contribution in [-0.2, 0) is 32.5 Å². The van der Waals surface area contributed by atoms with Crippen molar-refractivity contribution in [2.24, 2.45) is 0 Å². The van der Waals surface area contributed by atoms with Gasteiger partial charge in [0.2, 0.25) is 0 Å². The van der Waals surface area contributed by atoms with E-state index < -0.39 is 29.1 Å². The van der Waals surface area contributed by atoms with Crippen molar-refractivity contribution in [3.63, 3.8) is 0 Å². The van der Waals surface area contributed by atoms with Crippen molar-refractivity contribution in [1.82, 2.24) is 0 Å². The molecule has 0 aromatic heterocycles. The molecular weight excluding hydrogens is 1380 g/mol. The maximum absolute atomic E-state index is 8.42. The van der Waals surface area contributed by atoms with Crippen molar-refractivity contribution in [2.75, 3.05) is 0 Å². The number of hydrogen-bond donors (Lipinski definition) is 0. The fourth-order valence-electron chi connectivity index (χ4n) is 16.9. The van der Waals surface area contributed by atoms with Gasteiger partial charge >= 0.3 is 0 Å². The molecule has 0 spiro atoms. The molecule has 12 aromatic rings. The summed E-state index contributed by atoms with van der Waals surface area (Å²) in [4.78, 5) is 0. The molecule has 12 rings (SSSR count). The second-order valence-electron chi connectivity index (χ2n) is 35.5. The lowest BCUT2D eigenvalue weighted by Crippen LogP contribution is -2.56. The molecule has 0 heterocycles. The molecule has 7 heteroatoms. The Hall–Kier alpha value is -8.13. The summed E-state index contributed by atoms with van der Waals surface area (Å²) < 4.78 is 0. The van der Waals surface area contributed by atoms with Gasteiger partial charge in [0.15, 0.2) is 0 Å². The Morgan fingerprint density at radius 3 is 0.413 bits per heavy atom. The topological polar surface area (TPSA) is 69.2 Å². The van der Waals surface area contributed by atoms with Gasteiger partial charge in [-0.3, -0.25) is 7.32 Å². The van der Waals surface area contributed by atoms with Crippen LogP contribution in [-0.4, -0.2) is 7.32 Å². The molecular formula is C102H120BO3P3. The zero-order valence-corrected chi connectivity index (χ0v) is 72.5. The smallest absolute Gasteiger partial charge is 0.144 e. The van der Waals surface area contributed by atoms with Crippen molar-refractivity contribution in [1.29, 1.82) is 0 Å². The van der Waals surface area contributed by atoms with Gasteiger partial charge in [0, 0.05) is 0 Å². The summed E-state index contributed by atoms with van der Waals surface area (Å²) in [5.74, 6) is 0. The van der Waals surface area contributed by atoms with E-state index in [0.717, 1.165) is 0 Å². The molecule has 0 aliphatic carbocycles. The number of benzene rings is 12. The molecule has 3 nitrogen and oxygen atoms in total. The van der Waals surface area contributed by atoms with Gasteiger partial charge in [-0.2, -0.15) is 0 Å². The first-order valence-corrected chi connectivity index (χ1v) is 44.2. The van der Waals surface area contributed by atoms with E-state index in [1.807, 2.05) is 0 Å². The van der Waals surface area contributed by atoms with Crippen LogP contribution in [0.4, 0.5) is 0 Å². The van der Waals surface area contributed by atoms with E-state index in [-0.39, 0.29) is 32.5 Å². The SMILES string of the molecule is Cc1c([P+](c2ccccc2)(c2ccccc2)c2ccccc2)cc(C(C)(C)C)c(C(C)(C)C)c1C.Cc1c([P+](c2ccccc2)(c2ccccc2)c2ccccc2)cc(C(C)(C)C)c(C(C)(C)C)c1C.Cc1c([P+](c2ccccc2)(c2ccccc2)c2ccccc2)cc(C(C)(C)C)c(C(C)(C)C)c1C.[O-]B([O-])[O-]. The predicted octanol–water partition coefficient (Wildman–Crippen LogP) is 18.6. The molecule has 0 saturated carbocycles. The molecule has 0 bridgehead atoms. The van der Waals surface area contributed by atoms with Gasteiger partial charge in [0.05, 0.1) is 0 Å². The Kier molecular flexibility index (Phi) is 26.7. The monoisotopic (exact) mass is 1500 g/mol. The average molecular weight is 1500 g/mol. The Labute approximate surface area is 660 Å². The average Bonchev–Trinajstić information content (AvgIpc) is 0.725. The summed E-state index contributed by atoms with van der Waals surface area (Å²) in [6.07, 6.45) is 0. The van der Waals surface area contributed by atoms with Crippen LogP contribution >= 0.6 is 21.8 Å². The first kappa shape index (κ1) is 84.9. The lowest BCUT2D eigenvalue weighted by molar-refractivity contribution is -0.479. The van der Waals surface area contributed by atoms with Gasteiger partial charge < -0.3 is 15.1 Å². The highest BCUT2D eigenvalue weighted by Crippen LogP contribution is 2.60. The molecule has 564 valence electrons. The number of rotatable bonds is 12. The van der Waals surface area contributed by atoms with Crippen LogP contribution in [0.25, 0.3) is 0 Å². The molecule has 0 aliphatic rings. The summed E-state index contributed by atoms with van der Waals surface area (Å²) in [5.41, 5.74) is 17.8. The van der Waals surface area contributed by atoms with E-state index in [1.54, 1.807) is 0 Å². The fraction of sp³-hybridized carbons (Fsp3) is 0.294. The maximum atomic E-state index is 8.42. The van der Waals surface area contributed by atoms with Crippen LogP contribution in [0.1, 0.15) is 191 Å². The summed E-state index contributed by atoms with van der Waals surface area (Å²) in [6.45, 7) is 56.6. The quantitative estimate of drug-likeness (QED) is 0.0904. The van der Waals surface area contributed by atoms with Crippen molar-refractivity contribution >= 4 is 92.8 Å². The highest BCUT2D eigenvalue weighted by atomic mass is 31.2. The predicted molar refractivity (Wildman–Crippen MR) is 480 cm³/mol. The van der Waals surface area contributed by atoms with Crippen molar-refractivity contribution in [2.45, 2.75) is 199 Å². The first-order chi connectivity index (χ1) is 51.2.